The van der Waals surface area contributed by atoms with Gasteiger partial charge in [0.2, 0.25) is 11.7 Å². The highest BCUT2D eigenvalue weighted by Crippen LogP contribution is 2.21. The minimum Gasteiger partial charge on any atom is -0.339 e. The van der Waals surface area contributed by atoms with E-state index in [2.05, 4.69) is 41.5 Å². The summed E-state index contributed by atoms with van der Waals surface area (Å²) in [6.07, 6.45) is 1.02. The summed E-state index contributed by atoms with van der Waals surface area (Å²) in [6.45, 7) is 1.87. The van der Waals surface area contributed by atoms with Gasteiger partial charge in [-0.2, -0.15) is 0 Å². The molecule has 0 bridgehead atoms. The van der Waals surface area contributed by atoms with Gasteiger partial charge >= 0.3 is 0 Å². The molecule has 0 spiro atoms. The maximum atomic E-state index is 13.2. The van der Waals surface area contributed by atoms with Crippen LogP contribution in [0.25, 0.3) is 0 Å². The highest BCUT2D eigenvalue weighted by Gasteiger charge is 2.17. The van der Waals surface area contributed by atoms with Crippen molar-refractivity contribution in [3.8, 4) is 0 Å². The Labute approximate surface area is 133 Å². The number of benzene rings is 1. The van der Waals surface area contributed by atoms with Crippen molar-refractivity contribution in [1.82, 2.24) is 10.3 Å². The van der Waals surface area contributed by atoms with Crippen LogP contribution in [0.3, 0.4) is 0 Å². The maximum absolute atomic E-state index is 13.2. The van der Waals surface area contributed by atoms with E-state index < -0.39 is 5.82 Å². The SMILES string of the molecule is CCCC(=O)Nc1nonc1C(=N)Nc1ccc(F)c(Br)c1. The molecule has 0 aliphatic carbocycles. The normalized spacial score (nSPS) is 10.3. The number of amides is 1. The largest absolute Gasteiger partial charge is 0.339 e. The van der Waals surface area contributed by atoms with E-state index in [9.17, 15) is 9.18 Å². The van der Waals surface area contributed by atoms with Gasteiger partial charge in [0.15, 0.2) is 11.5 Å². The van der Waals surface area contributed by atoms with Crippen molar-refractivity contribution in [2.75, 3.05) is 10.6 Å². The number of hydrogen-bond acceptors (Lipinski definition) is 5. The molecule has 0 aliphatic rings. The third-order valence-electron chi connectivity index (χ3n) is 2.65. The molecule has 0 saturated carbocycles. The van der Waals surface area contributed by atoms with Crippen LogP contribution in [0.5, 0.6) is 0 Å². The molecule has 1 amide bonds. The fraction of sp³-hybridized carbons (Fsp3) is 0.231. The summed E-state index contributed by atoms with van der Waals surface area (Å²) in [5.41, 5.74) is 0.539. The van der Waals surface area contributed by atoms with Crippen LogP contribution in [0.2, 0.25) is 0 Å². The summed E-state index contributed by atoms with van der Waals surface area (Å²) in [6, 6.07) is 4.20. The first kappa shape index (κ1) is 16.1. The van der Waals surface area contributed by atoms with Gasteiger partial charge < -0.3 is 10.6 Å². The third kappa shape index (κ3) is 3.88. The number of carbonyl (C=O) groups is 1. The smallest absolute Gasteiger partial charge is 0.225 e. The standard InChI is InChI=1S/C13H13BrFN5O2/c1-2-3-10(21)18-13-11(19-22-20-13)12(16)17-7-4-5-9(15)8(14)6-7/h4-6H,2-3H2,1H3,(H2,16,17)(H,18,20,21). The van der Waals surface area contributed by atoms with E-state index in [0.717, 1.165) is 0 Å². The van der Waals surface area contributed by atoms with Gasteiger partial charge in [-0.3, -0.25) is 10.2 Å². The molecule has 1 aromatic carbocycles. The Kier molecular flexibility index (Phi) is 5.21. The fourth-order valence-corrected chi connectivity index (χ4v) is 2.01. The Hall–Kier alpha value is -2.29. The first-order valence-electron chi connectivity index (χ1n) is 6.44. The van der Waals surface area contributed by atoms with Gasteiger partial charge in [0.1, 0.15) is 5.82 Å². The molecule has 2 rings (SSSR count). The van der Waals surface area contributed by atoms with Crippen molar-refractivity contribution in [2.45, 2.75) is 19.8 Å². The predicted octanol–water partition coefficient (Wildman–Crippen LogP) is 3.15. The Bertz CT molecular complexity index is 703. The number of amidine groups is 1. The average molecular weight is 370 g/mol. The van der Waals surface area contributed by atoms with E-state index >= 15 is 0 Å². The Morgan fingerprint density at radius 3 is 2.86 bits per heavy atom. The van der Waals surface area contributed by atoms with E-state index in [1.807, 2.05) is 6.92 Å². The topological polar surface area (TPSA) is 104 Å². The van der Waals surface area contributed by atoms with Gasteiger partial charge in [-0.25, -0.2) is 9.02 Å². The zero-order valence-electron chi connectivity index (χ0n) is 11.6. The number of aromatic nitrogens is 2. The van der Waals surface area contributed by atoms with E-state index in [4.69, 9.17) is 5.41 Å². The molecular weight excluding hydrogens is 357 g/mol. The number of halogens is 2. The van der Waals surface area contributed by atoms with Crippen molar-refractivity contribution < 1.29 is 13.8 Å². The summed E-state index contributed by atoms with van der Waals surface area (Å²) >= 11 is 3.06. The molecule has 1 heterocycles. The van der Waals surface area contributed by atoms with Gasteiger partial charge in [0.05, 0.1) is 4.47 Å². The van der Waals surface area contributed by atoms with Gasteiger partial charge in [0, 0.05) is 12.1 Å². The van der Waals surface area contributed by atoms with E-state index in [-0.39, 0.29) is 27.7 Å². The minimum absolute atomic E-state index is 0.0601. The molecular formula is C13H13BrFN5O2. The monoisotopic (exact) mass is 369 g/mol. The number of anilines is 2. The lowest BCUT2D eigenvalue weighted by atomic mass is 10.3. The molecule has 0 fully saturated rings. The second kappa shape index (κ2) is 7.12. The van der Waals surface area contributed by atoms with Crippen LogP contribution in [-0.2, 0) is 4.79 Å². The highest BCUT2D eigenvalue weighted by molar-refractivity contribution is 9.10. The molecule has 0 radical (unpaired) electrons. The number of nitrogens with one attached hydrogen (secondary N) is 3. The first-order chi connectivity index (χ1) is 10.5. The molecule has 0 atom stereocenters. The fourth-order valence-electron chi connectivity index (χ4n) is 1.63. The summed E-state index contributed by atoms with van der Waals surface area (Å²) in [5, 5.41) is 20.4. The van der Waals surface area contributed by atoms with Gasteiger partial charge in [0.25, 0.3) is 0 Å². The Morgan fingerprint density at radius 2 is 2.18 bits per heavy atom. The van der Waals surface area contributed by atoms with E-state index in [1.54, 1.807) is 0 Å². The molecule has 0 aliphatic heterocycles. The van der Waals surface area contributed by atoms with Gasteiger partial charge in [-0.1, -0.05) is 6.92 Å². The van der Waals surface area contributed by atoms with Crippen molar-refractivity contribution in [2.24, 2.45) is 0 Å². The summed E-state index contributed by atoms with van der Waals surface area (Å²) in [5.74, 6) is -0.715. The molecule has 3 N–H and O–H groups in total. The number of nitrogens with zero attached hydrogens (tertiary/aromatic N) is 2. The molecule has 0 saturated heterocycles. The van der Waals surface area contributed by atoms with Crippen molar-refractivity contribution in [1.29, 1.82) is 5.41 Å². The molecule has 1 aromatic heterocycles. The van der Waals surface area contributed by atoms with Crippen LogP contribution in [0.15, 0.2) is 27.3 Å². The second-order valence-electron chi connectivity index (χ2n) is 4.39. The van der Waals surface area contributed by atoms with E-state index in [0.29, 0.717) is 18.5 Å². The van der Waals surface area contributed by atoms with Crippen LogP contribution in [0, 0.1) is 11.2 Å². The second-order valence-corrected chi connectivity index (χ2v) is 5.24. The Morgan fingerprint density at radius 1 is 1.41 bits per heavy atom. The predicted molar refractivity (Wildman–Crippen MR) is 82.4 cm³/mol. The molecule has 0 unspecified atom stereocenters. The third-order valence-corrected chi connectivity index (χ3v) is 3.26. The van der Waals surface area contributed by atoms with Crippen molar-refractivity contribution >= 4 is 39.2 Å². The number of rotatable bonds is 5. The molecule has 22 heavy (non-hydrogen) atoms. The van der Waals surface area contributed by atoms with Crippen LogP contribution < -0.4 is 10.6 Å². The lowest BCUT2D eigenvalue weighted by Crippen LogP contribution is -2.18. The zero-order chi connectivity index (χ0) is 16.1. The minimum atomic E-state index is -0.410. The number of hydrogen-bond donors (Lipinski definition) is 3. The lowest BCUT2D eigenvalue weighted by molar-refractivity contribution is -0.116. The zero-order valence-corrected chi connectivity index (χ0v) is 13.2. The van der Waals surface area contributed by atoms with Crippen LogP contribution >= 0.6 is 15.9 Å². The molecule has 7 nitrogen and oxygen atoms in total. The Balaban J connectivity index is 2.11. The van der Waals surface area contributed by atoms with Crippen LogP contribution in [-0.4, -0.2) is 22.1 Å². The highest BCUT2D eigenvalue weighted by atomic mass is 79.9. The van der Waals surface area contributed by atoms with Gasteiger partial charge in [-0.15, -0.1) is 0 Å². The molecule has 116 valence electrons. The van der Waals surface area contributed by atoms with Crippen LogP contribution in [0.4, 0.5) is 15.9 Å². The van der Waals surface area contributed by atoms with E-state index in [1.165, 1.54) is 18.2 Å². The van der Waals surface area contributed by atoms with Gasteiger partial charge in [-0.05, 0) is 50.9 Å². The first-order valence-corrected chi connectivity index (χ1v) is 7.24. The summed E-state index contributed by atoms with van der Waals surface area (Å²) in [7, 11) is 0. The quantitative estimate of drug-likeness (QED) is 0.554. The molecule has 2 aromatic rings. The summed E-state index contributed by atoms with van der Waals surface area (Å²) < 4.78 is 18.0. The average Bonchev–Trinajstić information content (AvgIpc) is 2.91. The summed E-state index contributed by atoms with van der Waals surface area (Å²) in [4.78, 5) is 11.6. The molecule has 9 heteroatoms. The lowest BCUT2D eigenvalue weighted by Gasteiger charge is -2.07. The van der Waals surface area contributed by atoms with Crippen molar-refractivity contribution in [3.63, 3.8) is 0 Å². The van der Waals surface area contributed by atoms with Crippen molar-refractivity contribution in [3.05, 3.63) is 34.2 Å². The van der Waals surface area contributed by atoms with Crippen LogP contribution in [0.1, 0.15) is 25.5 Å². The number of carbonyl (C=O) groups excluding carboxylic acids is 1. The maximum Gasteiger partial charge on any atom is 0.225 e.